The molecule has 0 aliphatic heterocycles. The molecule has 0 saturated heterocycles. The molecule has 1 amide bonds. The van der Waals surface area contributed by atoms with Crippen LogP contribution in [0.3, 0.4) is 0 Å². The quantitative estimate of drug-likeness (QED) is 0.826. The first-order valence-corrected chi connectivity index (χ1v) is 7.92. The van der Waals surface area contributed by atoms with Gasteiger partial charge >= 0.3 is 0 Å². The molecular weight excluding hydrogens is 270 g/mol. The average molecular weight is 295 g/mol. The Hall–Kier alpha value is -2.09. The maximum Gasteiger partial charge on any atom is 0.224 e. The van der Waals surface area contributed by atoms with Crippen molar-refractivity contribution in [3.05, 3.63) is 64.7 Å². The van der Waals surface area contributed by atoms with E-state index >= 15 is 0 Å². The summed E-state index contributed by atoms with van der Waals surface area (Å²) in [7, 11) is 0. The first-order chi connectivity index (χ1) is 10.5. The Morgan fingerprint density at radius 2 is 1.59 bits per heavy atom. The molecule has 0 atom stereocenters. The van der Waals surface area contributed by atoms with Gasteiger partial charge < -0.3 is 5.32 Å². The van der Waals surface area contributed by atoms with Crippen LogP contribution >= 0.6 is 0 Å². The summed E-state index contributed by atoms with van der Waals surface area (Å²) in [6, 6.07) is 14.6. The number of rotatable bonds is 5. The van der Waals surface area contributed by atoms with Gasteiger partial charge in [-0.15, -0.1) is 0 Å². The number of carbonyl (C=O) groups is 1. The molecule has 22 heavy (non-hydrogen) atoms. The summed E-state index contributed by atoms with van der Waals surface area (Å²) in [4.78, 5) is 12.2. The number of aryl methyl sites for hydroxylation is 3. The molecule has 2 nitrogen and oxygen atoms in total. The highest BCUT2D eigenvalue weighted by atomic mass is 16.1. The molecule has 2 aromatic carbocycles. The minimum absolute atomic E-state index is 0.0744. The second kappa shape index (κ2) is 7.26. The van der Waals surface area contributed by atoms with Gasteiger partial charge in [0.1, 0.15) is 0 Å². The number of para-hydroxylation sites is 1. The van der Waals surface area contributed by atoms with E-state index in [2.05, 4.69) is 43.4 Å². The van der Waals surface area contributed by atoms with Crippen molar-refractivity contribution < 1.29 is 4.79 Å². The fourth-order valence-corrected chi connectivity index (χ4v) is 2.54. The second-order valence-corrected chi connectivity index (χ2v) is 6.21. The van der Waals surface area contributed by atoms with Crippen LogP contribution < -0.4 is 5.32 Å². The third-order valence-corrected chi connectivity index (χ3v) is 4.03. The molecule has 0 heterocycles. The van der Waals surface area contributed by atoms with Crippen LogP contribution in [0.4, 0.5) is 5.69 Å². The Kier molecular flexibility index (Phi) is 5.37. The fraction of sp³-hybridized carbons (Fsp3) is 0.350. The van der Waals surface area contributed by atoms with Gasteiger partial charge in [0.25, 0.3) is 0 Å². The molecule has 2 rings (SSSR count). The largest absolute Gasteiger partial charge is 0.326 e. The van der Waals surface area contributed by atoms with E-state index < -0.39 is 0 Å². The Morgan fingerprint density at radius 1 is 1.00 bits per heavy atom. The molecule has 0 unspecified atom stereocenters. The number of amides is 1. The van der Waals surface area contributed by atoms with Crippen LogP contribution in [0.25, 0.3) is 0 Å². The smallest absolute Gasteiger partial charge is 0.224 e. The lowest BCUT2D eigenvalue weighted by Gasteiger charge is -2.11. The maximum absolute atomic E-state index is 12.2. The van der Waals surface area contributed by atoms with Gasteiger partial charge in [-0.3, -0.25) is 4.79 Å². The van der Waals surface area contributed by atoms with E-state index in [-0.39, 0.29) is 5.91 Å². The van der Waals surface area contributed by atoms with Gasteiger partial charge in [0, 0.05) is 12.1 Å². The van der Waals surface area contributed by atoms with E-state index in [1.165, 1.54) is 11.1 Å². The van der Waals surface area contributed by atoms with Crippen LogP contribution in [0.1, 0.15) is 48.4 Å². The van der Waals surface area contributed by atoms with Crippen LogP contribution in [-0.2, 0) is 11.2 Å². The van der Waals surface area contributed by atoms with Gasteiger partial charge in [-0.1, -0.05) is 56.3 Å². The Balaban J connectivity index is 1.93. The zero-order chi connectivity index (χ0) is 16.1. The fourth-order valence-electron chi connectivity index (χ4n) is 2.54. The molecule has 0 aromatic heterocycles. The van der Waals surface area contributed by atoms with Crippen LogP contribution in [0, 0.1) is 13.8 Å². The Labute approximate surface area is 133 Å². The summed E-state index contributed by atoms with van der Waals surface area (Å²) >= 11 is 0. The van der Waals surface area contributed by atoms with E-state index in [9.17, 15) is 4.79 Å². The number of hydrogen-bond donors (Lipinski definition) is 1. The highest BCUT2D eigenvalue weighted by Gasteiger charge is 2.07. The third-order valence-electron chi connectivity index (χ3n) is 4.03. The van der Waals surface area contributed by atoms with Gasteiger partial charge in [-0.2, -0.15) is 0 Å². The molecular formula is C20H25NO. The van der Waals surface area contributed by atoms with Crippen molar-refractivity contribution in [3.63, 3.8) is 0 Å². The molecule has 0 aliphatic rings. The van der Waals surface area contributed by atoms with Crippen LogP contribution in [-0.4, -0.2) is 5.91 Å². The van der Waals surface area contributed by atoms with Crippen LogP contribution in [0.2, 0.25) is 0 Å². The number of carbonyl (C=O) groups excluding carboxylic acids is 1. The lowest BCUT2D eigenvalue weighted by molar-refractivity contribution is -0.116. The zero-order valence-corrected chi connectivity index (χ0v) is 13.9. The molecule has 116 valence electrons. The zero-order valence-electron chi connectivity index (χ0n) is 13.9. The van der Waals surface area contributed by atoms with Gasteiger partial charge in [-0.25, -0.2) is 0 Å². The summed E-state index contributed by atoms with van der Waals surface area (Å²) in [6.07, 6.45) is 1.28. The molecule has 0 aliphatic carbocycles. The number of hydrogen-bond acceptors (Lipinski definition) is 1. The van der Waals surface area contributed by atoms with Crippen molar-refractivity contribution in [2.45, 2.75) is 46.5 Å². The summed E-state index contributed by atoms with van der Waals surface area (Å²) in [5.41, 5.74) is 5.71. The van der Waals surface area contributed by atoms with Crippen LogP contribution in [0.5, 0.6) is 0 Å². The summed E-state index contributed by atoms with van der Waals surface area (Å²) in [6.45, 7) is 8.42. The van der Waals surface area contributed by atoms with Crippen molar-refractivity contribution in [2.75, 3.05) is 5.32 Å². The monoisotopic (exact) mass is 295 g/mol. The molecule has 0 saturated carbocycles. The third kappa shape index (κ3) is 4.20. The number of benzene rings is 2. The normalized spacial score (nSPS) is 10.8. The van der Waals surface area contributed by atoms with E-state index in [1.807, 2.05) is 32.0 Å². The second-order valence-electron chi connectivity index (χ2n) is 6.21. The highest BCUT2D eigenvalue weighted by molar-refractivity contribution is 5.92. The van der Waals surface area contributed by atoms with Gasteiger partial charge in [0.2, 0.25) is 5.91 Å². The predicted octanol–water partition coefficient (Wildman–Crippen LogP) is 5.00. The topological polar surface area (TPSA) is 29.1 Å². The lowest BCUT2D eigenvalue weighted by Crippen LogP contribution is -2.14. The standard InChI is InChI=1S/C20H25NO/c1-14(2)18-11-8-17(9-12-18)10-13-19(22)21-20-15(3)6-5-7-16(20)4/h5-9,11-12,14H,10,13H2,1-4H3,(H,21,22). The van der Waals surface area contributed by atoms with E-state index in [0.717, 1.165) is 23.2 Å². The first kappa shape index (κ1) is 16.3. The van der Waals surface area contributed by atoms with E-state index in [0.29, 0.717) is 12.3 Å². The minimum Gasteiger partial charge on any atom is -0.326 e. The van der Waals surface area contributed by atoms with Crippen molar-refractivity contribution >= 4 is 11.6 Å². The summed E-state index contributed by atoms with van der Waals surface area (Å²) < 4.78 is 0. The maximum atomic E-state index is 12.2. The Bertz CT molecular complexity index is 621. The van der Waals surface area contributed by atoms with E-state index in [4.69, 9.17) is 0 Å². The average Bonchev–Trinajstić information content (AvgIpc) is 2.49. The Morgan fingerprint density at radius 3 is 2.14 bits per heavy atom. The minimum atomic E-state index is 0.0744. The van der Waals surface area contributed by atoms with Gasteiger partial charge in [0.15, 0.2) is 0 Å². The number of anilines is 1. The van der Waals surface area contributed by atoms with Gasteiger partial charge in [0.05, 0.1) is 0 Å². The molecule has 0 fully saturated rings. The van der Waals surface area contributed by atoms with Crippen LogP contribution in [0.15, 0.2) is 42.5 Å². The lowest BCUT2D eigenvalue weighted by atomic mass is 10.0. The molecule has 1 N–H and O–H groups in total. The summed E-state index contributed by atoms with van der Waals surface area (Å²) in [5, 5.41) is 3.04. The highest BCUT2D eigenvalue weighted by Crippen LogP contribution is 2.20. The van der Waals surface area contributed by atoms with Gasteiger partial charge in [-0.05, 0) is 48.4 Å². The molecule has 0 bridgehead atoms. The molecule has 0 spiro atoms. The van der Waals surface area contributed by atoms with Crippen molar-refractivity contribution in [1.82, 2.24) is 0 Å². The SMILES string of the molecule is Cc1cccc(C)c1NC(=O)CCc1ccc(C(C)C)cc1. The van der Waals surface area contributed by atoms with Crippen molar-refractivity contribution in [1.29, 1.82) is 0 Å². The number of nitrogens with one attached hydrogen (secondary N) is 1. The van der Waals surface area contributed by atoms with Crippen molar-refractivity contribution in [2.24, 2.45) is 0 Å². The first-order valence-electron chi connectivity index (χ1n) is 7.92. The predicted molar refractivity (Wildman–Crippen MR) is 93.4 cm³/mol. The van der Waals surface area contributed by atoms with E-state index in [1.54, 1.807) is 0 Å². The molecule has 2 heteroatoms. The molecule has 2 aromatic rings. The summed E-state index contributed by atoms with van der Waals surface area (Å²) in [5.74, 6) is 0.617. The molecule has 0 radical (unpaired) electrons. The van der Waals surface area contributed by atoms with Crippen molar-refractivity contribution in [3.8, 4) is 0 Å².